The van der Waals surface area contributed by atoms with Crippen LogP contribution < -0.4 is 10.5 Å². The number of piperazine rings is 1. The number of para-hydroxylation sites is 1. The summed E-state index contributed by atoms with van der Waals surface area (Å²) >= 11 is 12.4. The van der Waals surface area contributed by atoms with E-state index in [2.05, 4.69) is 0 Å². The maximum atomic E-state index is 14.0. The van der Waals surface area contributed by atoms with Gasteiger partial charge in [0.25, 0.3) is 5.56 Å². The molecule has 1 aromatic heterocycles. The summed E-state index contributed by atoms with van der Waals surface area (Å²) in [6.45, 7) is 2.05. The van der Waals surface area contributed by atoms with Gasteiger partial charge in [0.05, 0.1) is 15.6 Å². The van der Waals surface area contributed by atoms with Crippen LogP contribution in [0.2, 0.25) is 10.0 Å². The standard InChI is InChI=1S/C29H28Cl2N4O4/c30-22-7-6-20(15-23(22)31)33-13-14-34(28(39)35-24-4-2-1-3-19(24)5-8-26(35)37)25(18-33)27(38)32-11-9-29(10-12-32)16-21(36)17-29/h1-8,15,25H,9-14,16-18H2. The fourth-order valence-corrected chi connectivity index (χ4v) is 6.49. The molecule has 1 aliphatic carbocycles. The molecule has 8 nitrogen and oxygen atoms in total. The van der Waals surface area contributed by atoms with Crippen molar-refractivity contribution in [3.63, 3.8) is 0 Å². The Morgan fingerprint density at radius 1 is 0.846 bits per heavy atom. The van der Waals surface area contributed by atoms with Crippen molar-refractivity contribution in [2.75, 3.05) is 37.6 Å². The third-order valence-electron chi connectivity index (χ3n) is 8.45. The lowest BCUT2D eigenvalue weighted by Gasteiger charge is -2.48. The maximum absolute atomic E-state index is 14.0. The molecule has 6 rings (SSSR count). The Kier molecular flexibility index (Phi) is 6.63. The summed E-state index contributed by atoms with van der Waals surface area (Å²) in [5.41, 5.74) is 0.898. The largest absolute Gasteiger partial charge is 0.367 e. The molecule has 0 N–H and O–H groups in total. The molecule has 3 heterocycles. The molecule has 10 heteroatoms. The average molecular weight is 567 g/mol. The normalized spacial score (nSPS) is 20.8. The minimum Gasteiger partial charge on any atom is -0.367 e. The zero-order valence-corrected chi connectivity index (χ0v) is 22.8. The first-order valence-corrected chi connectivity index (χ1v) is 13.9. The maximum Gasteiger partial charge on any atom is 0.332 e. The monoisotopic (exact) mass is 566 g/mol. The Morgan fingerprint density at radius 3 is 2.31 bits per heavy atom. The smallest absolute Gasteiger partial charge is 0.332 e. The van der Waals surface area contributed by atoms with Gasteiger partial charge in [0.2, 0.25) is 5.91 Å². The van der Waals surface area contributed by atoms with Gasteiger partial charge in [-0.05, 0) is 54.0 Å². The number of amides is 2. The van der Waals surface area contributed by atoms with Crippen LogP contribution in [-0.4, -0.2) is 70.9 Å². The number of aromatic nitrogens is 1. The number of ketones is 1. The number of nitrogens with zero attached hydrogens (tertiary/aromatic N) is 4. The number of piperidine rings is 1. The molecule has 202 valence electrons. The molecule has 1 saturated carbocycles. The number of hydrogen-bond acceptors (Lipinski definition) is 5. The van der Waals surface area contributed by atoms with Gasteiger partial charge in [-0.2, -0.15) is 0 Å². The minimum absolute atomic E-state index is 0.0261. The Bertz CT molecular complexity index is 1540. The number of rotatable bonds is 2. The number of carbonyl (C=O) groups is 3. The van der Waals surface area contributed by atoms with E-state index in [1.54, 1.807) is 30.3 Å². The Hall–Kier alpha value is -3.36. The number of carbonyl (C=O) groups excluding carboxylic acids is 3. The molecule has 3 aromatic rings. The summed E-state index contributed by atoms with van der Waals surface area (Å²) in [6, 6.07) is 14.3. The van der Waals surface area contributed by atoms with Crippen molar-refractivity contribution in [2.24, 2.45) is 5.41 Å². The van der Waals surface area contributed by atoms with Crippen LogP contribution in [0.25, 0.3) is 10.9 Å². The number of likely N-dealkylation sites (tertiary alicyclic amines) is 1. The van der Waals surface area contributed by atoms with Crippen LogP contribution >= 0.6 is 23.2 Å². The SMILES string of the molecule is O=C1CC2(CCN(C(=O)C3CN(c4ccc(Cl)c(Cl)c4)CCN3C(=O)n3c(=O)ccc4ccccc43)CC2)C1. The number of pyridine rings is 1. The van der Waals surface area contributed by atoms with Gasteiger partial charge in [-0.15, -0.1) is 0 Å². The van der Waals surface area contributed by atoms with Crippen LogP contribution in [0.5, 0.6) is 0 Å². The van der Waals surface area contributed by atoms with E-state index in [1.807, 2.05) is 28.0 Å². The van der Waals surface area contributed by atoms with Gasteiger partial charge in [-0.3, -0.25) is 14.4 Å². The van der Waals surface area contributed by atoms with E-state index >= 15 is 0 Å². The number of hydrogen-bond donors (Lipinski definition) is 0. The van der Waals surface area contributed by atoms with Crippen LogP contribution in [0.3, 0.4) is 0 Å². The molecule has 0 bridgehead atoms. The lowest BCUT2D eigenvalue weighted by atomic mass is 9.62. The van der Waals surface area contributed by atoms with Gasteiger partial charge >= 0.3 is 6.03 Å². The van der Waals surface area contributed by atoms with Crippen LogP contribution in [0.15, 0.2) is 59.4 Å². The van der Waals surface area contributed by atoms with Gasteiger partial charge in [0.15, 0.2) is 0 Å². The van der Waals surface area contributed by atoms with Crippen LogP contribution in [0, 0.1) is 5.41 Å². The molecular weight excluding hydrogens is 539 g/mol. The second-order valence-corrected chi connectivity index (χ2v) is 11.6. The highest BCUT2D eigenvalue weighted by Gasteiger charge is 2.47. The predicted octanol–water partition coefficient (Wildman–Crippen LogP) is 4.44. The molecule has 1 spiro atoms. The van der Waals surface area contributed by atoms with Crippen molar-refractivity contribution in [2.45, 2.75) is 31.7 Å². The van der Waals surface area contributed by atoms with E-state index in [9.17, 15) is 19.2 Å². The Labute approximate surface area is 235 Å². The lowest BCUT2D eigenvalue weighted by Crippen LogP contribution is -2.63. The third kappa shape index (κ3) is 4.70. The van der Waals surface area contributed by atoms with Gasteiger partial charge < -0.3 is 14.7 Å². The second kappa shape index (κ2) is 9.99. The highest BCUT2D eigenvalue weighted by Crippen LogP contribution is 2.46. The van der Waals surface area contributed by atoms with Crippen LogP contribution in [0.1, 0.15) is 25.7 Å². The third-order valence-corrected chi connectivity index (χ3v) is 9.19. The van der Waals surface area contributed by atoms with Crippen molar-refractivity contribution < 1.29 is 14.4 Å². The molecule has 1 atom stereocenters. The van der Waals surface area contributed by atoms with E-state index in [4.69, 9.17) is 23.2 Å². The average Bonchev–Trinajstić information content (AvgIpc) is 2.93. The van der Waals surface area contributed by atoms with E-state index in [-0.39, 0.29) is 30.2 Å². The quantitative estimate of drug-likeness (QED) is 0.458. The summed E-state index contributed by atoms with van der Waals surface area (Å²) in [5.74, 6) is 0.138. The van der Waals surface area contributed by atoms with Gasteiger partial charge in [0.1, 0.15) is 11.8 Å². The number of halogens is 2. The first kappa shape index (κ1) is 25.9. The van der Waals surface area contributed by atoms with E-state index in [0.29, 0.717) is 48.0 Å². The Morgan fingerprint density at radius 2 is 1.59 bits per heavy atom. The summed E-state index contributed by atoms with van der Waals surface area (Å²) in [6.07, 6.45) is 2.76. The first-order chi connectivity index (χ1) is 18.7. The molecule has 1 unspecified atom stereocenters. The lowest BCUT2D eigenvalue weighted by molar-refractivity contribution is -0.143. The summed E-state index contributed by atoms with van der Waals surface area (Å²) in [7, 11) is 0. The zero-order chi connectivity index (χ0) is 27.3. The zero-order valence-electron chi connectivity index (χ0n) is 21.3. The molecular formula is C29H28Cl2N4O4. The first-order valence-electron chi connectivity index (χ1n) is 13.2. The fourth-order valence-electron chi connectivity index (χ4n) is 6.20. The topological polar surface area (TPSA) is 82.9 Å². The van der Waals surface area contributed by atoms with E-state index < -0.39 is 17.6 Å². The van der Waals surface area contributed by atoms with Crippen molar-refractivity contribution in [3.05, 3.63) is 75.0 Å². The fraction of sp³-hybridized carbons (Fsp3) is 0.379. The minimum atomic E-state index is -0.802. The van der Waals surface area contributed by atoms with Gasteiger partial charge in [0, 0.05) is 57.3 Å². The molecule has 2 aromatic carbocycles. The van der Waals surface area contributed by atoms with Crippen molar-refractivity contribution in [3.8, 4) is 0 Å². The predicted molar refractivity (Wildman–Crippen MR) is 151 cm³/mol. The Balaban J connectivity index is 1.32. The second-order valence-electron chi connectivity index (χ2n) is 10.8. The number of benzene rings is 2. The van der Waals surface area contributed by atoms with Gasteiger partial charge in [-0.1, -0.05) is 41.4 Å². The van der Waals surface area contributed by atoms with Crippen molar-refractivity contribution in [1.29, 1.82) is 0 Å². The molecule has 39 heavy (non-hydrogen) atoms. The van der Waals surface area contributed by atoms with E-state index in [0.717, 1.165) is 28.5 Å². The molecule has 3 aliphatic rings. The summed E-state index contributed by atoms with van der Waals surface area (Å²) in [4.78, 5) is 58.0. The van der Waals surface area contributed by atoms with Gasteiger partial charge in [-0.25, -0.2) is 9.36 Å². The number of fused-ring (bicyclic) bond motifs is 1. The molecule has 0 radical (unpaired) electrons. The summed E-state index contributed by atoms with van der Waals surface area (Å²) in [5, 5.41) is 1.61. The molecule has 3 fully saturated rings. The molecule has 2 saturated heterocycles. The van der Waals surface area contributed by atoms with Crippen LogP contribution in [-0.2, 0) is 9.59 Å². The highest BCUT2D eigenvalue weighted by atomic mass is 35.5. The number of anilines is 1. The highest BCUT2D eigenvalue weighted by molar-refractivity contribution is 6.42. The van der Waals surface area contributed by atoms with Crippen molar-refractivity contribution in [1.82, 2.24) is 14.4 Å². The summed E-state index contributed by atoms with van der Waals surface area (Å²) < 4.78 is 1.16. The molecule has 2 aliphatic heterocycles. The molecule has 2 amide bonds. The van der Waals surface area contributed by atoms with Crippen LogP contribution in [0.4, 0.5) is 10.5 Å². The van der Waals surface area contributed by atoms with E-state index in [1.165, 1.54) is 11.0 Å². The number of Topliss-reactive ketones (excluding diaryl/α,β-unsaturated/α-hetero) is 1. The van der Waals surface area contributed by atoms with Crippen molar-refractivity contribution >= 4 is 57.5 Å².